The number of hydrogen-bond acceptors (Lipinski definition) is 4. The first-order valence-corrected chi connectivity index (χ1v) is 12.2. The topological polar surface area (TPSA) is 95.6 Å². The number of carbonyl (C=O) groups is 2. The van der Waals surface area contributed by atoms with Gasteiger partial charge in [0, 0.05) is 36.3 Å². The molecular weight excluding hydrogens is 433 g/mol. The van der Waals surface area contributed by atoms with Crippen molar-refractivity contribution >= 4 is 33.2 Å². The van der Waals surface area contributed by atoms with E-state index in [9.17, 15) is 22.4 Å². The average Bonchev–Trinajstić information content (AvgIpc) is 3.51. The van der Waals surface area contributed by atoms with E-state index in [1.807, 2.05) is 6.92 Å². The molecule has 1 saturated carbocycles. The van der Waals surface area contributed by atoms with E-state index < -0.39 is 15.8 Å². The lowest BCUT2D eigenvalue weighted by molar-refractivity contribution is -0.120. The fraction of sp³-hybridized carbons (Fsp3) is 0.391. The van der Waals surface area contributed by atoms with Gasteiger partial charge < -0.3 is 10.2 Å². The minimum Gasteiger partial charge on any atom is -0.326 e. The van der Waals surface area contributed by atoms with Crippen molar-refractivity contribution in [2.75, 3.05) is 16.8 Å². The number of nitrogens with one attached hydrogen (secondary N) is 2. The van der Waals surface area contributed by atoms with Crippen molar-refractivity contribution in [1.82, 2.24) is 4.72 Å². The first-order chi connectivity index (χ1) is 15.2. The molecule has 170 valence electrons. The molecule has 0 radical (unpaired) electrons. The molecule has 0 aromatic heterocycles. The van der Waals surface area contributed by atoms with Crippen LogP contribution in [0.3, 0.4) is 0 Å². The normalized spacial score (nSPS) is 17.8. The molecule has 2 aliphatic rings. The molecule has 2 aromatic rings. The van der Waals surface area contributed by atoms with Crippen LogP contribution in [0, 0.1) is 18.7 Å². The summed E-state index contributed by atoms with van der Waals surface area (Å²) in [5, 5.41) is 2.65. The number of aryl methyl sites for hydroxylation is 1. The number of hydrogen-bond donors (Lipinski definition) is 2. The van der Waals surface area contributed by atoms with Gasteiger partial charge in [-0.15, -0.1) is 0 Å². The molecular formula is C23H26FN3O4S. The van der Waals surface area contributed by atoms with Crippen LogP contribution >= 0.6 is 0 Å². The number of benzene rings is 2. The predicted octanol–water partition coefficient (Wildman–Crippen LogP) is 3.13. The van der Waals surface area contributed by atoms with Crippen LogP contribution in [0.2, 0.25) is 0 Å². The third kappa shape index (κ3) is 4.68. The zero-order valence-corrected chi connectivity index (χ0v) is 18.8. The molecule has 7 nitrogen and oxygen atoms in total. The van der Waals surface area contributed by atoms with Crippen molar-refractivity contribution < 1.29 is 22.4 Å². The highest BCUT2D eigenvalue weighted by atomic mass is 32.2. The Morgan fingerprint density at radius 2 is 1.91 bits per heavy atom. The number of sulfonamides is 1. The highest BCUT2D eigenvalue weighted by Crippen LogP contribution is 2.39. The van der Waals surface area contributed by atoms with Crippen LogP contribution in [0.15, 0.2) is 41.3 Å². The van der Waals surface area contributed by atoms with Gasteiger partial charge in [-0.25, -0.2) is 17.5 Å². The van der Waals surface area contributed by atoms with Crippen molar-refractivity contribution in [1.29, 1.82) is 0 Å². The van der Waals surface area contributed by atoms with E-state index in [2.05, 4.69) is 10.0 Å². The Hall–Kier alpha value is -2.78. The van der Waals surface area contributed by atoms with Gasteiger partial charge in [0.05, 0.1) is 4.90 Å². The molecule has 1 aliphatic heterocycles. The van der Waals surface area contributed by atoms with Crippen molar-refractivity contribution in [2.24, 2.45) is 5.92 Å². The summed E-state index contributed by atoms with van der Waals surface area (Å²) in [7, 11) is -3.81. The molecule has 1 fully saturated rings. The van der Waals surface area contributed by atoms with Crippen molar-refractivity contribution in [3.63, 3.8) is 0 Å². The van der Waals surface area contributed by atoms with E-state index in [-0.39, 0.29) is 41.6 Å². The molecule has 32 heavy (non-hydrogen) atoms. The first kappa shape index (κ1) is 22.4. The maximum absolute atomic E-state index is 13.2. The third-order valence-corrected chi connectivity index (χ3v) is 7.31. The van der Waals surface area contributed by atoms with Crippen LogP contribution in [-0.4, -0.2) is 32.8 Å². The minimum absolute atomic E-state index is 0.00243. The summed E-state index contributed by atoms with van der Waals surface area (Å²) < 4.78 is 41.1. The van der Waals surface area contributed by atoms with E-state index in [1.54, 1.807) is 24.0 Å². The predicted molar refractivity (Wildman–Crippen MR) is 119 cm³/mol. The highest BCUT2D eigenvalue weighted by molar-refractivity contribution is 7.89. The Morgan fingerprint density at radius 1 is 1.16 bits per heavy atom. The second kappa shape index (κ2) is 8.63. The molecule has 0 unspecified atom stereocenters. The summed E-state index contributed by atoms with van der Waals surface area (Å²) >= 11 is 0. The monoisotopic (exact) mass is 459 g/mol. The summed E-state index contributed by atoms with van der Waals surface area (Å²) in [4.78, 5) is 26.6. The maximum Gasteiger partial charge on any atom is 0.240 e. The van der Waals surface area contributed by atoms with E-state index in [0.29, 0.717) is 17.7 Å². The van der Waals surface area contributed by atoms with Gasteiger partial charge in [-0.2, -0.15) is 0 Å². The van der Waals surface area contributed by atoms with Crippen molar-refractivity contribution in [2.45, 2.75) is 50.5 Å². The van der Waals surface area contributed by atoms with Crippen molar-refractivity contribution in [3.8, 4) is 0 Å². The van der Waals surface area contributed by atoms with Gasteiger partial charge in [0.2, 0.25) is 21.8 Å². The lowest BCUT2D eigenvalue weighted by atomic mass is 10.1. The molecule has 0 bridgehead atoms. The number of halogens is 1. The molecule has 1 heterocycles. The van der Waals surface area contributed by atoms with E-state index in [4.69, 9.17) is 0 Å². The van der Waals surface area contributed by atoms with Gasteiger partial charge in [-0.05, 0) is 80.6 Å². The highest BCUT2D eigenvalue weighted by Gasteiger charge is 2.39. The Kier molecular flexibility index (Phi) is 6.05. The van der Waals surface area contributed by atoms with Crippen LogP contribution in [0.1, 0.15) is 37.3 Å². The Bertz CT molecular complexity index is 1180. The standard InChI is InChI=1S/C23H26FN3O4S/c1-14-11-18(24)5-7-20(14)26-22(28)9-10-25-32(30,31)19-6-8-21-17(13-19)12-15(2)27(21)23(29)16-3-4-16/h5-8,11,13,15-16,25H,3-4,9-10,12H2,1-2H3,(H,26,28)/t15-/m1/s1. The summed E-state index contributed by atoms with van der Waals surface area (Å²) in [6.07, 6.45) is 2.38. The van der Waals surface area contributed by atoms with Gasteiger partial charge in [0.1, 0.15) is 5.82 Å². The van der Waals surface area contributed by atoms with E-state index >= 15 is 0 Å². The molecule has 1 atom stereocenters. The van der Waals surface area contributed by atoms with E-state index in [0.717, 1.165) is 24.1 Å². The molecule has 9 heteroatoms. The van der Waals surface area contributed by atoms with Crippen molar-refractivity contribution in [3.05, 3.63) is 53.3 Å². The number of anilines is 2. The Morgan fingerprint density at radius 3 is 2.59 bits per heavy atom. The Labute approximate surface area is 187 Å². The third-order valence-electron chi connectivity index (χ3n) is 5.85. The quantitative estimate of drug-likeness (QED) is 0.665. The van der Waals surface area contributed by atoms with Gasteiger partial charge in [0.15, 0.2) is 0 Å². The van der Waals surface area contributed by atoms with Crippen LogP contribution < -0.4 is 14.9 Å². The molecule has 0 spiro atoms. The summed E-state index contributed by atoms with van der Waals surface area (Å²) in [5.74, 6) is -0.554. The fourth-order valence-electron chi connectivity index (χ4n) is 4.00. The smallest absolute Gasteiger partial charge is 0.240 e. The number of amides is 2. The Balaban J connectivity index is 1.37. The number of nitrogens with zero attached hydrogens (tertiary/aromatic N) is 1. The summed E-state index contributed by atoms with van der Waals surface area (Å²) in [6, 6.07) is 8.83. The van der Waals surface area contributed by atoms with Crippen LogP contribution in [-0.2, 0) is 26.0 Å². The minimum atomic E-state index is -3.81. The van der Waals surface area contributed by atoms with Gasteiger partial charge in [-0.3, -0.25) is 9.59 Å². The lowest BCUT2D eigenvalue weighted by Crippen LogP contribution is -2.36. The number of carbonyl (C=O) groups excluding carboxylic acids is 2. The zero-order chi connectivity index (χ0) is 23.0. The summed E-state index contributed by atoms with van der Waals surface area (Å²) in [5.41, 5.74) is 2.68. The molecule has 1 aliphatic carbocycles. The maximum atomic E-state index is 13.2. The second-order valence-corrected chi connectivity index (χ2v) is 10.2. The molecule has 4 rings (SSSR count). The lowest BCUT2D eigenvalue weighted by Gasteiger charge is -2.22. The van der Waals surface area contributed by atoms with Gasteiger partial charge in [-0.1, -0.05) is 0 Å². The van der Waals surface area contributed by atoms with Crippen LogP contribution in [0.25, 0.3) is 0 Å². The summed E-state index contributed by atoms with van der Waals surface area (Å²) in [6.45, 7) is 3.57. The van der Waals surface area contributed by atoms with Crippen LogP contribution in [0.4, 0.5) is 15.8 Å². The zero-order valence-electron chi connectivity index (χ0n) is 18.0. The molecule has 2 aromatic carbocycles. The SMILES string of the molecule is Cc1cc(F)ccc1NC(=O)CCNS(=O)(=O)c1ccc2c(c1)C[C@@H](C)N2C(=O)C1CC1. The second-order valence-electron chi connectivity index (χ2n) is 8.48. The largest absolute Gasteiger partial charge is 0.326 e. The number of fused-ring (bicyclic) bond motifs is 1. The van der Waals surface area contributed by atoms with Crippen LogP contribution in [0.5, 0.6) is 0 Å². The fourth-order valence-corrected chi connectivity index (χ4v) is 5.08. The van der Waals surface area contributed by atoms with E-state index in [1.165, 1.54) is 24.3 Å². The molecule has 0 saturated heterocycles. The molecule has 2 N–H and O–H groups in total. The first-order valence-electron chi connectivity index (χ1n) is 10.7. The average molecular weight is 460 g/mol. The molecule has 2 amide bonds. The van der Waals surface area contributed by atoms with Gasteiger partial charge >= 0.3 is 0 Å². The number of rotatable bonds is 7. The van der Waals surface area contributed by atoms with Gasteiger partial charge in [0.25, 0.3) is 0 Å².